The monoisotopic (exact) mass is 456 g/mol. The number of aromatic nitrogens is 1. The SMILES string of the molecule is CN(CCc1cccnc1)C(=O)c1ccc(C(=O)C(F)(F)F)s1.O=C(O)C(F)(F)F. The van der Waals surface area contributed by atoms with Crippen molar-refractivity contribution in [3.8, 4) is 0 Å². The number of aliphatic carboxylic acids is 1. The minimum atomic E-state index is -5.08. The predicted molar refractivity (Wildman–Crippen MR) is 93.3 cm³/mol. The molecule has 30 heavy (non-hydrogen) atoms. The van der Waals surface area contributed by atoms with Crippen molar-refractivity contribution in [2.75, 3.05) is 13.6 Å². The maximum atomic E-state index is 12.4. The summed E-state index contributed by atoms with van der Waals surface area (Å²) in [6.07, 6.45) is -6.11. The fourth-order valence-electron chi connectivity index (χ4n) is 1.85. The van der Waals surface area contributed by atoms with Crippen LogP contribution in [0.2, 0.25) is 0 Å². The lowest BCUT2D eigenvalue weighted by molar-refractivity contribution is -0.192. The maximum Gasteiger partial charge on any atom is 0.490 e. The van der Waals surface area contributed by atoms with E-state index in [0.29, 0.717) is 24.3 Å². The van der Waals surface area contributed by atoms with E-state index in [9.17, 15) is 35.9 Å². The average molecular weight is 456 g/mol. The molecule has 2 aromatic rings. The van der Waals surface area contributed by atoms with Gasteiger partial charge in [0.15, 0.2) is 0 Å². The van der Waals surface area contributed by atoms with Crippen LogP contribution in [0.1, 0.15) is 24.9 Å². The van der Waals surface area contributed by atoms with E-state index in [-0.39, 0.29) is 4.88 Å². The molecule has 2 rings (SSSR count). The number of amides is 1. The van der Waals surface area contributed by atoms with Crippen LogP contribution in [0.3, 0.4) is 0 Å². The van der Waals surface area contributed by atoms with Crippen LogP contribution in [0.4, 0.5) is 26.3 Å². The highest BCUT2D eigenvalue weighted by atomic mass is 32.1. The second kappa shape index (κ2) is 10.2. The normalized spacial score (nSPS) is 11.3. The standard InChI is InChI=1S/C15H13F3N2O2S.C2HF3O2/c1-20(8-6-10-3-2-7-19-9-10)14(22)12-5-4-11(23-12)13(21)15(16,17)18;3-2(4,5)1(6)7/h2-5,7,9H,6,8H2,1H3;(H,6,7). The van der Waals surface area contributed by atoms with Crippen LogP contribution in [0.25, 0.3) is 0 Å². The molecule has 0 saturated carbocycles. The summed E-state index contributed by atoms with van der Waals surface area (Å²) in [4.78, 5) is 37.2. The Morgan fingerprint density at radius 3 is 2.07 bits per heavy atom. The third-order valence-electron chi connectivity index (χ3n) is 3.35. The van der Waals surface area contributed by atoms with E-state index in [1.807, 2.05) is 6.07 Å². The molecule has 0 fully saturated rings. The van der Waals surface area contributed by atoms with Crippen LogP contribution in [0, 0.1) is 0 Å². The molecule has 0 spiro atoms. The molecule has 2 heterocycles. The number of thiophene rings is 1. The number of alkyl halides is 6. The van der Waals surface area contributed by atoms with Crippen LogP contribution >= 0.6 is 11.3 Å². The number of nitrogens with zero attached hydrogens (tertiary/aromatic N) is 2. The first-order valence-electron chi connectivity index (χ1n) is 7.89. The molecule has 2 aromatic heterocycles. The molecule has 0 unspecified atom stereocenters. The van der Waals surface area contributed by atoms with Crippen molar-refractivity contribution in [1.29, 1.82) is 0 Å². The Kier molecular flexibility index (Phi) is 8.51. The smallest absolute Gasteiger partial charge is 0.475 e. The fourth-order valence-corrected chi connectivity index (χ4v) is 2.81. The van der Waals surface area contributed by atoms with Gasteiger partial charge in [0.1, 0.15) is 0 Å². The number of pyridine rings is 1. The van der Waals surface area contributed by atoms with Crippen molar-refractivity contribution in [1.82, 2.24) is 9.88 Å². The van der Waals surface area contributed by atoms with Gasteiger partial charge in [-0.3, -0.25) is 14.6 Å². The van der Waals surface area contributed by atoms with Gasteiger partial charge in [-0.05, 0) is 30.2 Å². The van der Waals surface area contributed by atoms with Crippen LogP contribution in [-0.4, -0.2) is 58.6 Å². The molecule has 6 nitrogen and oxygen atoms in total. The van der Waals surface area contributed by atoms with E-state index in [0.717, 1.165) is 11.6 Å². The molecule has 0 aliphatic heterocycles. The highest BCUT2D eigenvalue weighted by Crippen LogP contribution is 2.27. The van der Waals surface area contributed by atoms with Gasteiger partial charge in [-0.15, -0.1) is 11.3 Å². The first kappa shape index (κ1) is 25.1. The van der Waals surface area contributed by atoms with Gasteiger partial charge in [0.25, 0.3) is 11.7 Å². The molecule has 13 heteroatoms. The quantitative estimate of drug-likeness (QED) is 0.546. The number of halogens is 6. The first-order chi connectivity index (χ1) is 13.7. The van der Waals surface area contributed by atoms with E-state index in [1.54, 1.807) is 25.5 Å². The van der Waals surface area contributed by atoms with Gasteiger partial charge in [0.05, 0.1) is 9.75 Å². The summed E-state index contributed by atoms with van der Waals surface area (Å²) >= 11 is 0.553. The molecule has 0 atom stereocenters. The Balaban J connectivity index is 0.000000553. The van der Waals surface area contributed by atoms with Gasteiger partial charge in [-0.1, -0.05) is 6.07 Å². The maximum absolute atomic E-state index is 12.4. The lowest BCUT2D eigenvalue weighted by atomic mass is 10.2. The fraction of sp³-hybridized carbons (Fsp3) is 0.294. The van der Waals surface area contributed by atoms with E-state index >= 15 is 0 Å². The van der Waals surface area contributed by atoms with Crippen molar-refractivity contribution < 1.29 is 45.8 Å². The predicted octanol–water partition coefficient (Wildman–Crippen LogP) is 3.84. The third-order valence-corrected chi connectivity index (χ3v) is 4.42. The van der Waals surface area contributed by atoms with Crippen molar-refractivity contribution in [2.24, 2.45) is 0 Å². The number of carboxylic acids is 1. The number of Topliss-reactive ketones (excluding diaryl/α,β-unsaturated/α-hetero) is 1. The molecule has 1 amide bonds. The summed E-state index contributed by atoms with van der Waals surface area (Å²) in [5.74, 6) is -5.10. The molecular formula is C17H14F6N2O4S. The van der Waals surface area contributed by atoms with E-state index in [4.69, 9.17) is 9.90 Å². The number of carboxylic acid groups (broad SMARTS) is 1. The lowest BCUT2D eigenvalue weighted by Gasteiger charge is -2.16. The van der Waals surface area contributed by atoms with Crippen LogP contribution in [0.15, 0.2) is 36.7 Å². The van der Waals surface area contributed by atoms with Gasteiger partial charge < -0.3 is 10.0 Å². The van der Waals surface area contributed by atoms with Crippen molar-refractivity contribution in [2.45, 2.75) is 18.8 Å². The number of hydrogen-bond acceptors (Lipinski definition) is 5. The zero-order valence-electron chi connectivity index (χ0n) is 15.1. The first-order valence-corrected chi connectivity index (χ1v) is 8.71. The van der Waals surface area contributed by atoms with Crippen LogP contribution < -0.4 is 0 Å². The molecule has 1 N–H and O–H groups in total. The van der Waals surface area contributed by atoms with Gasteiger partial charge in [0, 0.05) is 26.0 Å². The summed E-state index contributed by atoms with van der Waals surface area (Å²) in [5, 5.41) is 7.12. The molecule has 0 aromatic carbocycles. The molecule has 0 radical (unpaired) electrons. The van der Waals surface area contributed by atoms with Crippen LogP contribution in [0.5, 0.6) is 0 Å². The van der Waals surface area contributed by atoms with Crippen molar-refractivity contribution >= 4 is 29.0 Å². The van der Waals surface area contributed by atoms with Crippen molar-refractivity contribution in [3.63, 3.8) is 0 Å². The largest absolute Gasteiger partial charge is 0.490 e. The average Bonchev–Trinajstić information content (AvgIpc) is 3.14. The van der Waals surface area contributed by atoms with Gasteiger partial charge >= 0.3 is 18.3 Å². The molecule has 0 bridgehead atoms. The van der Waals surface area contributed by atoms with Gasteiger partial charge in [-0.25, -0.2) is 4.79 Å². The summed E-state index contributed by atoms with van der Waals surface area (Å²) in [7, 11) is 1.56. The Morgan fingerprint density at radius 1 is 1.03 bits per heavy atom. The Hall–Kier alpha value is -2.96. The summed E-state index contributed by atoms with van der Waals surface area (Å²) in [5.41, 5.74) is 0.950. The highest BCUT2D eigenvalue weighted by Gasteiger charge is 2.40. The zero-order valence-corrected chi connectivity index (χ0v) is 15.9. The van der Waals surface area contributed by atoms with Gasteiger partial charge in [0.2, 0.25) is 0 Å². The highest BCUT2D eigenvalue weighted by molar-refractivity contribution is 7.16. The minimum Gasteiger partial charge on any atom is -0.475 e. The molecule has 0 aliphatic carbocycles. The van der Waals surface area contributed by atoms with Crippen molar-refractivity contribution in [3.05, 3.63) is 52.0 Å². The van der Waals surface area contributed by atoms with E-state index in [2.05, 4.69) is 4.98 Å². The second-order valence-corrected chi connectivity index (χ2v) is 6.72. The number of rotatable bonds is 5. The Bertz CT molecular complexity index is 880. The zero-order chi connectivity index (χ0) is 23.1. The molecule has 0 aliphatic rings. The van der Waals surface area contributed by atoms with E-state index < -0.39 is 34.9 Å². The number of hydrogen-bond donors (Lipinski definition) is 1. The summed E-state index contributed by atoms with van der Waals surface area (Å²) < 4.78 is 68.8. The molecule has 0 saturated heterocycles. The molecule has 164 valence electrons. The number of carbonyl (C=O) groups is 3. The number of carbonyl (C=O) groups excluding carboxylic acids is 2. The minimum absolute atomic E-state index is 0.103. The lowest BCUT2D eigenvalue weighted by Crippen LogP contribution is -2.28. The molecular weight excluding hydrogens is 442 g/mol. The number of ketones is 1. The second-order valence-electron chi connectivity index (χ2n) is 5.63. The summed E-state index contributed by atoms with van der Waals surface area (Å²) in [6.45, 7) is 0.394. The Morgan fingerprint density at radius 2 is 1.60 bits per heavy atom. The topological polar surface area (TPSA) is 87.6 Å². The third kappa shape index (κ3) is 7.81. The van der Waals surface area contributed by atoms with E-state index in [1.165, 1.54) is 11.0 Å². The van der Waals surface area contributed by atoms with Gasteiger partial charge in [-0.2, -0.15) is 26.3 Å². The van der Waals surface area contributed by atoms with Crippen LogP contribution in [-0.2, 0) is 11.2 Å². The Labute approximate surface area is 169 Å². The number of likely N-dealkylation sites (N-methyl/N-ethyl adjacent to an activating group) is 1. The summed E-state index contributed by atoms with van der Waals surface area (Å²) in [6, 6.07) is 5.93.